The van der Waals surface area contributed by atoms with Crippen LogP contribution in [0.4, 0.5) is 0 Å². The van der Waals surface area contributed by atoms with Crippen molar-refractivity contribution in [2.24, 2.45) is 5.92 Å². The van der Waals surface area contributed by atoms with Gasteiger partial charge in [0.1, 0.15) is 6.10 Å². The third kappa shape index (κ3) is 5.08. The summed E-state index contributed by atoms with van der Waals surface area (Å²) in [6, 6.07) is 0.376. The van der Waals surface area contributed by atoms with Gasteiger partial charge in [0.15, 0.2) is 5.75 Å². The lowest BCUT2D eigenvalue weighted by molar-refractivity contribution is 0.191. The van der Waals surface area contributed by atoms with Gasteiger partial charge in [-0.2, -0.15) is 5.10 Å². The third-order valence-electron chi connectivity index (χ3n) is 2.79. The van der Waals surface area contributed by atoms with E-state index < -0.39 is 0 Å². The van der Waals surface area contributed by atoms with Gasteiger partial charge in [-0.1, -0.05) is 20.8 Å². The maximum Gasteiger partial charge on any atom is 0.157 e. The van der Waals surface area contributed by atoms with Gasteiger partial charge in [-0.05, 0) is 32.7 Å². The van der Waals surface area contributed by atoms with Gasteiger partial charge in [0.25, 0.3) is 0 Å². The Morgan fingerprint density at radius 2 is 2.00 bits per heavy atom. The molecule has 0 saturated heterocycles. The van der Waals surface area contributed by atoms with Crippen LogP contribution in [0.2, 0.25) is 0 Å². The largest absolute Gasteiger partial charge is 0.486 e. The molecule has 1 unspecified atom stereocenters. The molecular weight excluding hydrogens is 226 g/mol. The normalized spacial score (nSPS) is 13.3. The van der Waals surface area contributed by atoms with Gasteiger partial charge < -0.3 is 10.1 Å². The molecule has 0 spiro atoms. The van der Waals surface area contributed by atoms with Crippen LogP contribution in [-0.2, 0) is 0 Å². The van der Waals surface area contributed by atoms with E-state index in [0.717, 1.165) is 25.3 Å². The number of ether oxygens (including phenoxy) is 1. The van der Waals surface area contributed by atoms with Crippen molar-refractivity contribution in [1.29, 1.82) is 0 Å². The Bertz CT molecular complexity index is 334. The molecule has 4 heteroatoms. The van der Waals surface area contributed by atoms with Gasteiger partial charge in [0.2, 0.25) is 0 Å². The highest BCUT2D eigenvalue weighted by Crippen LogP contribution is 2.14. The minimum atomic E-state index is 0.216. The number of nitrogens with one attached hydrogen (secondary N) is 1. The molecule has 0 fully saturated rings. The van der Waals surface area contributed by atoms with E-state index in [1.54, 1.807) is 6.20 Å². The highest BCUT2D eigenvalue weighted by Gasteiger charge is 2.10. The van der Waals surface area contributed by atoms with Gasteiger partial charge in [-0.25, -0.2) is 0 Å². The monoisotopic (exact) mass is 253 g/mol. The van der Waals surface area contributed by atoms with Crippen LogP contribution < -0.4 is 10.1 Å². The van der Waals surface area contributed by atoms with Crippen molar-refractivity contribution in [3.8, 4) is 5.75 Å². The van der Waals surface area contributed by atoms with Gasteiger partial charge in [0.05, 0.1) is 12.4 Å². The standard InChI is InChI=1S/C14H27N3O/c1-6-13(8-15-7-11(2)3)18-14-9-16-17(10-14)12(4)5/h9-13,15H,6-8H2,1-5H3. The molecule has 0 saturated carbocycles. The van der Waals surface area contributed by atoms with E-state index in [-0.39, 0.29) is 6.10 Å². The summed E-state index contributed by atoms with van der Waals surface area (Å²) in [6.45, 7) is 12.7. The highest BCUT2D eigenvalue weighted by atomic mass is 16.5. The van der Waals surface area contributed by atoms with Crippen LogP contribution >= 0.6 is 0 Å². The summed E-state index contributed by atoms with van der Waals surface area (Å²) in [5.74, 6) is 1.54. The van der Waals surface area contributed by atoms with Gasteiger partial charge in [-0.3, -0.25) is 4.68 Å². The zero-order valence-electron chi connectivity index (χ0n) is 12.3. The Hall–Kier alpha value is -1.03. The Balaban J connectivity index is 2.41. The summed E-state index contributed by atoms with van der Waals surface area (Å²) >= 11 is 0. The van der Waals surface area contributed by atoms with Crippen molar-refractivity contribution in [2.45, 2.75) is 53.2 Å². The first-order chi connectivity index (χ1) is 8.52. The lowest BCUT2D eigenvalue weighted by Crippen LogP contribution is -2.32. The van der Waals surface area contributed by atoms with Crippen molar-refractivity contribution >= 4 is 0 Å². The van der Waals surface area contributed by atoms with Crippen molar-refractivity contribution in [3.05, 3.63) is 12.4 Å². The van der Waals surface area contributed by atoms with Crippen molar-refractivity contribution < 1.29 is 4.74 Å². The predicted octanol–water partition coefficient (Wildman–Crippen LogP) is 2.87. The SMILES string of the molecule is CCC(CNCC(C)C)Oc1cnn(C(C)C)c1. The van der Waals surface area contributed by atoms with E-state index in [9.17, 15) is 0 Å². The van der Waals surface area contributed by atoms with Crippen LogP contribution in [0.25, 0.3) is 0 Å². The Morgan fingerprint density at radius 3 is 2.50 bits per heavy atom. The molecule has 1 N–H and O–H groups in total. The fourth-order valence-corrected chi connectivity index (χ4v) is 1.66. The predicted molar refractivity (Wildman–Crippen MR) is 75.0 cm³/mol. The minimum Gasteiger partial charge on any atom is -0.486 e. The first-order valence-corrected chi connectivity index (χ1v) is 6.94. The van der Waals surface area contributed by atoms with Gasteiger partial charge in [0, 0.05) is 12.6 Å². The number of nitrogens with zero attached hydrogens (tertiary/aromatic N) is 2. The van der Waals surface area contributed by atoms with E-state index in [4.69, 9.17) is 4.74 Å². The lowest BCUT2D eigenvalue weighted by Gasteiger charge is -2.17. The average Bonchev–Trinajstić information content (AvgIpc) is 2.76. The summed E-state index contributed by atoms with van der Waals surface area (Å²) in [5, 5.41) is 7.72. The maximum absolute atomic E-state index is 5.93. The smallest absolute Gasteiger partial charge is 0.157 e. The number of hydrogen-bond donors (Lipinski definition) is 1. The zero-order chi connectivity index (χ0) is 13.5. The number of aromatic nitrogens is 2. The molecule has 4 nitrogen and oxygen atoms in total. The second-order valence-electron chi connectivity index (χ2n) is 5.45. The molecule has 1 rings (SSSR count). The average molecular weight is 253 g/mol. The molecule has 0 aliphatic rings. The van der Waals surface area contributed by atoms with E-state index in [1.165, 1.54) is 0 Å². The van der Waals surface area contributed by atoms with Crippen LogP contribution in [0.3, 0.4) is 0 Å². The molecule has 1 heterocycles. The second-order valence-corrected chi connectivity index (χ2v) is 5.45. The maximum atomic E-state index is 5.93. The molecule has 104 valence electrons. The highest BCUT2D eigenvalue weighted by molar-refractivity contribution is 5.12. The van der Waals surface area contributed by atoms with Gasteiger partial charge in [-0.15, -0.1) is 0 Å². The molecule has 1 atom stereocenters. The van der Waals surface area contributed by atoms with E-state index in [1.807, 2.05) is 10.9 Å². The molecule has 0 bridgehead atoms. The molecule has 18 heavy (non-hydrogen) atoms. The fraction of sp³-hybridized carbons (Fsp3) is 0.786. The lowest BCUT2D eigenvalue weighted by atomic mass is 10.2. The van der Waals surface area contributed by atoms with E-state index in [2.05, 4.69) is 45.0 Å². The summed E-state index contributed by atoms with van der Waals surface area (Å²) < 4.78 is 7.85. The number of hydrogen-bond acceptors (Lipinski definition) is 3. The van der Waals surface area contributed by atoms with Crippen molar-refractivity contribution in [1.82, 2.24) is 15.1 Å². The molecule has 0 aliphatic heterocycles. The Labute approximate surface area is 111 Å². The van der Waals surface area contributed by atoms with Crippen LogP contribution in [-0.4, -0.2) is 29.0 Å². The van der Waals surface area contributed by atoms with Crippen LogP contribution in [0.1, 0.15) is 47.1 Å². The number of rotatable bonds is 8. The van der Waals surface area contributed by atoms with Crippen LogP contribution in [0, 0.1) is 5.92 Å². The molecule has 0 amide bonds. The second kappa shape index (κ2) is 7.41. The first-order valence-electron chi connectivity index (χ1n) is 6.94. The van der Waals surface area contributed by atoms with Crippen LogP contribution in [0.15, 0.2) is 12.4 Å². The first kappa shape index (κ1) is 15.0. The topological polar surface area (TPSA) is 39.1 Å². The molecular formula is C14H27N3O. The van der Waals surface area contributed by atoms with Crippen molar-refractivity contribution in [3.63, 3.8) is 0 Å². The fourth-order valence-electron chi connectivity index (χ4n) is 1.66. The minimum absolute atomic E-state index is 0.216. The Morgan fingerprint density at radius 1 is 1.28 bits per heavy atom. The van der Waals surface area contributed by atoms with E-state index >= 15 is 0 Å². The quantitative estimate of drug-likeness (QED) is 0.774. The third-order valence-corrected chi connectivity index (χ3v) is 2.79. The zero-order valence-corrected chi connectivity index (χ0v) is 12.3. The Kier molecular flexibility index (Phi) is 6.19. The summed E-state index contributed by atoms with van der Waals surface area (Å²) in [4.78, 5) is 0. The van der Waals surface area contributed by atoms with E-state index in [0.29, 0.717) is 12.0 Å². The molecule has 0 aliphatic carbocycles. The molecule has 0 radical (unpaired) electrons. The van der Waals surface area contributed by atoms with Gasteiger partial charge >= 0.3 is 0 Å². The summed E-state index contributed by atoms with van der Waals surface area (Å²) in [5.41, 5.74) is 0. The molecule has 0 aromatic carbocycles. The van der Waals surface area contributed by atoms with Crippen LogP contribution in [0.5, 0.6) is 5.75 Å². The molecule has 1 aromatic heterocycles. The summed E-state index contributed by atoms with van der Waals surface area (Å²) in [7, 11) is 0. The van der Waals surface area contributed by atoms with Crippen molar-refractivity contribution in [2.75, 3.05) is 13.1 Å². The summed E-state index contributed by atoms with van der Waals surface area (Å²) in [6.07, 6.45) is 4.98. The molecule has 1 aromatic rings.